The van der Waals surface area contributed by atoms with Gasteiger partial charge in [0.1, 0.15) is 5.82 Å². The molecule has 1 aromatic carbocycles. The lowest BCUT2D eigenvalue weighted by Crippen LogP contribution is -2.13. The monoisotopic (exact) mass is 258 g/mol. The molecule has 4 N–H and O–H groups in total. The molecule has 1 aromatic rings. The van der Waals surface area contributed by atoms with E-state index in [1.807, 2.05) is 0 Å². The number of hydrogen-bond acceptors (Lipinski definition) is 4. The number of rotatable bonds is 6. The van der Waals surface area contributed by atoms with Gasteiger partial charge in [0, 0.05) is 17.9 Å². The summed E-state index contributed by atoms with van der Waals surface area (Å²) in [6.45, 7) is 0.151. The Morgan fingerprint density at radius 2 is 2.24 bits per heavy atom. The van der Waals surface area contributed by atoms with Crippen LogP contribution in [0.5, 0.6) is 0 Å². The van der Waals surface area contributed by atoms with Crippen LogP contribution in [0.15, 0.2) is 23.4 Å². The summed E-state index contributed by atoms with van der Waals surface area (Å²) in [6, 6.07) is 4.48. The molecule has 0 bridgehead atoms. The summed E-state index contributed by atoms with van der Waals surface area (Å²) in [4.78, 5) is 0. The minimum Gasteiger partial charge on any atom is -0.409 e. The van der Waals surface area contributed by atoms with E-state index >= 15 is 0 Å². The van der Waals surface area contributed by atoms with E-state index < -0.39 is 0 Å². The van der Waals surface area contributed by atoms with Gasteiger partial charge in [0.25, 0.3) is 0 Å². The van der Waals surface area contributed by atoms with Crippen molar-refractivity contribution in [2.45, 2.75) is 12.2 Å². The lowest BCUT2D eigenvalue weighted by Gasteiger charge is -2.05. The Morgan fingerprint density at radius 3 is 2.82 bits per heavy atom. The van der Waals surface area contributed by atoms with Gasteiger partial charge in [-0.25, -0.2) is 4.39 Å². The quantitative estimate of drug-likeness (QED) is 0.238. The fourth-order valence-electron chi connectivity index (χ4n) is 1.23. The average Bonchev–Trinajstić information content (AvgIpc) is 2.35. The Labute approximate surface area is 103 Å². The largest absolute Gasteiger partial charge is 0.409 e. The highest BCUT2D eigenvalue weighted by molar-refractivity contribution is 7.98. The van der Waals surface area contributed by atoms with E-state index in [9.17, 15) is 4.39 Å². The molecule has 0 saturated carbocycles. The molecule has 0 fully saturated rings. The number of nitrogens with two attached hydrogens (primary N) is 1. The fraction of sp³-hybridized carbons (Fsp3) is 0.364. The van der Waals surface area contributed by atoms with Gasteiger partial charge in [-0.3, -0.25) is 0 Å². The molecule has 4 nitrogen and oxygen atoms in total. The Balaban J connectivity index is 2.63. The number of aliphatic hydroxyl groups excluding tert-OH is 1. The number of aliphatic hydroxyl groups is 1. The third-order valence-electron chi connectivity index (χ3n) is 2.16. The van der Waals surface area contributed by atoms with Gasteiger partial charge >= 0.3 is 0 Å². The maximum Gasteiger partial charge on any atom is 0.170 e. The molecule has 0 unspecified atom stereocenters. The first-order valence-electron chi connectivity index (χ1n) is 5.14. The van der Waals surface area contributed by atoms with Crippen molar-refractivity contribution in [3.8, 4) is 0 Å². The maximum absolute atomic E-state index is 13.6. The summed E-state index contributed by atoms with van der Waals surface area (Å²) >= 11 is 1.55. The Hall–Kier alpha value is -1.27. The highest BCUT2D eigenvalue weighted by atomic mass is 32.2. The Morgan fingerprint density at radius 1 is 1.47 bits per heavy atom. The second kappa shape index (κ2) is 7.13. The molecule has 94 valence electrons. The molecule has 6 heteroatoms. The molecule has 0 heterocycles. The van der Waals surface area contributed by atoms with Crippen LogP contribution >= 0.6 is 11.8 Å². The van der Waals surface area contributed by atoms with Crippen molar-refractivity contribution < 1.29 is 14.7 Å². The standard InChI is InChI=1S/C11H15FN2O2S/c12-10-6-8(11(13)14-16)2-3-9(10)7-17-5-1-4-15/h2-3,6,15-16H,1,4-5,7H2,(H2,13,14). The zero-order chi connectivity index (χ0) is 12.7. The van der Waals surface area contributed by atoms with Crippen LogP contribution in [0.3, 0.4) is 0 Å². The molecule has 0 aliphatic rings. The molecule has 0 aromatic heterocycles. The lowest BCUT2D eigenvalue weighted by molar-refractivity contribution is 0.296. The lowest BCUT2D eigenvalue weighted by atomic mass is 10.1. The molecular weight excluding hydrogens is 243 g/mol. The van der Waals surface area contributed by atoms with Gasteiger partial charge in [0.05, 0.1) is 0 Å². The first-order valence-corrected chi connectivity index (χ1v) is 6.29. The highest BCUT2D eigenvalue weighted by Gasteiger charge is 2.06. The second-order valence-corrected chi connectivity index (χ2v) is 4.53. The van der Waals surface area contributed by atoms with Crippen LogP contribution in [0.2, 0.25) is 0 Å². The number of oxime groups is 1. The van der Waals surface area contributed by atoms with Crippen molar-refractivity contribution >= 4 is 17.6 Å². The van der Waals surface area contributed by atoms with Crippen LogP contribution in [0.25, 0.3) is 0 Å². The number of thioether (sulfide) groups is 1. The summed E-state index contributed by atoms with van der Waals surface area (Å²) < 4.78 is 13.6. The van der Waals surface area contributed by atoms with E-state index in [0.29, 0.717) is 23.3 Å². The summed E-state index contributed by atoms with van der Waals surface area (Å²) in [5, 5.41) is 19.9. The highest BCUT2D eigenvalue weighted by Crippen LogP contribution is 2.17. The van der Waals surface area contributed by atoms with Crippen molar-refractivity contribution in [3.05, 3.63) is 35.1 Å². The van der Waals surface area contributed by atoms with Crippen molar-refractivity contribution in [2.24, 2.45) is 10.9 Å². The minimum atomic E-state index is -0.370. The summed E-state index contributed by atoms with van der Waals surface area (Å²) in [6.07, 6.45) is 0.703. The van der Waals surface area contributed by atoms with Crippen LogP contribution < -0.4 is 5.73 Å². The zero-order valence-electron chi connectivity index (χ0n) is 9.27. The summed E-state index contributed by atoms with van der Waals surface area (Å²) in [7, 11) is 0. The van der Waals surface area contributed by atoms with E-state index in [1.54, 1.807) is 23.9 Å². The molecule has 0 aliphatic heterocycles. The third kappa shape index (κ3) is 4.24. The Bertz CT molecular complexity index is 399. The van der Waals surface area contributed by atoms with Crippen LogP contribution in [0.4, 0.5) is 4.39 Å². The van der Waals surface area contributed by atoms with Gasteiger partial charge in [0.2, 0.25) is 0 Å². The molecule has 0 aliphatic carbocycles. The van der Waals surface area contributed by atoms with E-state index in [1.165, 1.54) is 6.07 Å². The number of amidine groups is 1. The van der Waals surface area contributed by atoms with Gasteiger partial charge in [-0.15, -0.1) is 0 Å². The zero-order valence-corrected chi connectivity index (χ0v) is 10.1. The SMILES string of the molecule is NC(=NO)c1ccc(CSCCCO)c(F)c1. The van der Waals surface area contributed by atoms with E-state index in [0.717, 1.165) is 5.75 Å². The first kappa shape index (κ1) is 13.8. The molecule has 0 spiro atoms. The number of benzene rings is 1. The molecule has 0 atom stereocenters. The van der Waals surface area contributed by atoms with Gasteiger partial charge in [-0.2, -0.15) is 11.8 Å². The van der Waals surface area contributed by atoms with E-state index in [2.05, 4.69) is 5.16 Å². The molecule has 0 saturated heterocycles. The third-order valence-corrected chi connectivity index (χ3v) is 3.25. The van der Waals surface area contributed by atoms with Crippen molar-refractivity contribution in [1.29, 1.82) is 0 Å². The maximum atomic E-state index is 13.6. The van der Waals surface area contributed by atoms with E-state index in [4.69, 9.17) is 16.0 Å². The number of halogens is 1. The Kier molecular flexibility index (Phi) is 5.79. The number of nitrogens with zero attached hydrogens (tertiary/aromatic N) is 1. The molecule has 17 heavy (non-hydrogen) atoms. The predicted octanol–water partition coefficient (Wildman–Crippen LogP) is 1.54. The van der Waals surface area contributed by atoms with Gasteiger partial charge in [-0.1, -0.05) is 17.3 Å². The van der Waals surface area contributed by atoms with Crippen LogP contribution in [-0.2, 0) is 5.75 Å². The topological polar surface area (TPSA) is 78.8 Å². The number of hydrogen-bond donors (Lipinski definition) is 3. The van der Waals surface area contributed by atoms with Crippen LogP contribution in [-0.4, -0.2) is 28.5 Å². The van der Waals surface area contributed by atoms with E-state index in [-0.39, 0.29) is 18.3 Å². The fourth-order valence-corrected chi connectivity index (χ4v) is 2.16. The van der Waals surface area contributed by atoms with Gasteiger partial charge in [0.15, 0.2) is 5.84 Å². The first-order chi connectivity index (χ1) is 8.19. The van der Waals surface area contributed by atoms with Gasteiger partial charge in [-0.05, 0) is 23.8 Å². The van der Waals surface area contributed by atoms with Crippen LogP contribution in [0, 0.1) is 5.82 Å². The van der Waals surface area contributed by atoms with Crippen molar-refractivity contribution in [3.63, 3.8) is 0 Å². The summed E-state index contributed by atoms with van der Waals surface area (Å²) in [5.74, 6) is 0.856. The second-order valence-electron chi connectivity index (χ2n) is 3.42. The molecule has 0 radical (unpaired) electrons. The van der Waals surface area contributed by atoms with Gasteiger partial charge < -0.3 is 16.0 Å². The average molecular weight is 258 g/mol. The normalized spacial score (nSPS) is 11.8. The summed E-state index contributed by atoms with van der Waals surface area (Å²) in [5.41, 5.74) is 6.28. The minimum absolute atomic E-state index is 0.108. The van der Waals surface area contributed by atoms with Crippen LogP contribution in [0.1, 0.15) is 17.5 Å². The predicted molar refractivity (Wildman–Crippen MR) is 66.8 cm³/mol. The molecule has 0 amide bonds. The van der Waals surface area contributed by atoms with Crippen molar-refractivity contribution in [1.82, 2.24) is 0 Å². The molecular formula is C11H15FN2O2S. The molecule has 1 rings (SSSR count). The smallest absolute Gasteiger partial charge is 0.170 e. The van der Waals surface area contributed by atoms with Crippen molar-refractivity contribution in [2.75, 3.05) is 12.4 Å².